The van der Waals surface area contributed by atoms with Crippen molar-refractivity contribution in [3.8, 4) is 0 Å². The molecule has 6 heteroatoms. The van der Waals surface area contributed by atoms with Crippen LogP contribution in [0.15, 0.2) is 53.7 Å². The van der Waals surface area contributed by atoms with E-state index >= 15 is 0 Å². The minimum absolute atomic E-state index is 0. The van der Waals surface area contributed by atoms with E-state index in [0.717, 1.165) is 32.0 Å². The number of hydrogen-bond acceptors (Lipinski definition) is 2. The van der Waals surface area contributed by atoms with Crippen LogP contribution in [0.1, 0.15) is 23.1 Å². The fourth-order valence-corrected chi connectivity index (χ4v) is 4.01. The number of nitrogens with one attached hydrogen (secondary N) is 3. The van der Waals surface area contributed by atoms with E-state index < -0.39 is 0 Å². The van der Waals surface area contributed by atoms with Crippen LogP contribution in [0.5, 0.6) is 0 Å². The molecule has 0 atom stereocenters. The average molecular weight is 503 g/mol. The predicted molar refractivity (Wildman–Crippen MR) is 134 cm³/mol. The van der Waals surface area contributed by atoms with Crippen molar-refractivity contribution >= 4 is 46.5 Å². The average Bonchev–Trinajstić information content (AvgIpc) is 3.14. The van der Waals surface area contributed by atoms with Crippen LogP contribution in [0.4, 0.5) is 5.69 Å². The molecule has 29 heavy (non-hydrogen) atoms. The first-order valence-corrected chi connectivity index (χ1v) is 10.1. The van der Waals surface area contributed by atoms with Gasteiger partial charge in [-0.3, -0.25) is 4.99 Å². The molecule has 0 radical (unpaired) electrons. The lowest BCUT2D eigenvalue weighted by Crippen LogP contribution is -2.37. The van der Waals surface area contributed by atoms with Crippen LogP contribution >= 0.6 is 24.0 Å². The van der Waals surface area contributed by atoms with Gasteiger partial charge in [0.1, 0.15) is 0 Å². The fraction of sp³-hybridized carbons (Fsp3) is 0.348. The summed E-state index contributed by atoms with van der Waals surface area (Å²) in [5.74, 6) is 0.842. The number of aryl methyl sites for hydroxylation is 1. The number of anilines is 1. The smallest absolute Gasteiger partial charge is 0.191 e. The predicted octanol–water partition coefficient (Wildman–Crippen LogP) is 4.08. The minimum atomic E-state index is 0. The van der Waals surface area contributed by atoms with Crippen molar-refractivity contribution in [3.05, 3.63) is 65.4 Å². The number of hydrogen-bond donors (Lipinski definition) is 3. The molecule has 0 spiro atoms. The van der Waals surface area contributed by atoms with Crippen LogP contribution in [0.25, 0.3) is 10.9 Å². The van der Waals surface area contributed by atoms with Gasteiger partial charge in [0.25, 0.3) is 0 Å². The normalized spacial score (nSPS) is 13.7. The Morgan fingerprint density at radius 3 is 2.90 bits per heavy atom. The van der Waals surface area contributed by atoms with Crippen LogP contribution in [0.2, 0.25) is 0 Å². The molecule has 2 aromatic carbocycles. The number of guanidine groups is 1. The standard InChI is InChI=1S/C23H29N5.HI/c1-24-23(25-12-11-19-16-26-21-8-4-3-7-20(19)21)27-15-17-9-10-22-18(14-17)6-5-13-28(22)2;/h3-4,7-10,14,16,26H,5-6,11-13,15H2,1-2H3,(H2,24,25,27);1H. The minimum Gasteiger partial charge on any atom is -0.374 e. The van der Waals surface area contributed by atoms with Crippen molar-refractivity contribution in [2.24, 2.45) is 4.99 Å². The molecule has 0 saturated heterocycles. The maximum atomic E-state index is 4.36. The Labute approximate surface area is 190 Å². The first-order chi connectivity index (χ1) is 13.7. The molecular formula is C23H30IN5. The summed E-state index contributed by atoms with van der Waals surface area (Å²) in [4.78, 5) is 10.0. The molecule has 3 N–H and O–H groups in total. The Hall–Kier alpha value is -2.22. The van der Waals surface area contributed by atoms with Crippen LogP contribution < -0.4 is 15.5 Å². The monoisotopic (exact) mass is 503 g/mol. The van der Waals surface area contributed by atoms with Gasteiger partial charge in [-0.05, 0) is 48.1 Å². The van der Waals surface area contributed by atoms with Crippen LogP contribution in [0, 0.1) is 0 Å². The zero-order valence-corrected chi connectivity index (χ0v) is 19.5. The highest BCUT2D eigenvalue weighted by Crippen LogP contribution is 2.26. The molecule has 2 heterocycles. The molecule has 0 bridgehead atoms. The van der Waals surface area contributed by atoms with Crippen molar-refractivity contribution in [2.75, 3.05) is 32.1 Å². The van der Waals surface area contributed by atoms with Gasteiger partial charge in [-0.2, -0.15) is 0 Å². The quantitative estimate of drug-likeness (QED) is 0.280. The van der Waals surface area contributed by atoms with Crippen LogP contribution in [-0.4, -0.2) is 38.1 Å². The summed E-state index contributed by atoms with van der Waals surface area (Å²) >= 11 is 0. The molecule has 1 aliphatic rings. The molecule has 0 amide bonds. The number of para-hydroxylation sites is 1. The van der Waals surface area contributed by atoms with Gasteiger partial charge in [0.15, 0.2) is 5.96 Å². The topological polar surface area (TPSA) is 55.5 Å². The first-order valence-electron chi connectivity index (χ1n) is 10.1. The SMILES string of the molecule is CN=C(NCCc1c[nH]c2ccccc12)NCc1ccc2c(c1)CCCN2C.I. The Morgan fingerprint density at radius 2 is 2.03 bits per heavy atom. The number of halogens is 1. The van der Waals surface area contributed by atoms with Gasteiger partial charge in [-0.25, -0.2) is 0 Å². The number of fused-ring (bicyclic) bond motifs is 2. The summed E-state index contributed by atoms with van der Waals surface area (Å²) < 4.78 is 0. The number of aromatic amines is 1. The molecule has 154 valence electrons. The van der Waals surface area contributed by atoms with Crippen molar-refractivity contribution < 1.29 is 0 Å². The van der Waals surface area contributed by atoms with E-state index in [2.05, 4.69) is 81.2 Å². The molecule has 0 saturated carbocycles. The molecule has 3 aromatic rings. The number of rotatable bonds is 5. The van der Waals surface area contributed by atoms with Crippen molar-refractivity contribution in [2.45, 2.75) is 25.8 Å². The van der Waals surface area contributed by atoms with Crippen LogP contribution in [-0.2, 0) is 19.4 Å². The van der Waals surface area contributed by atoms with Gasteiger partial charge in [-0.15, -0.1) is 24.0 Å². The lowest BCUT2D eigenvalue weighted by atomic mass is 9.99. The number of aromatic nitrogens is 1. The fourth-order valence-electron chi connectivity index (χ4n) is 4.01. The van der Waals surface area contributed by atoms with Gasteiger partial charge in [0.2, 0.25) is 0 Å². The van der Waals surface area contributed by atoms with E-state index in [1.807, 2.05) is 7.05 Å². The van der Waals surface area contributed by atoms with Crippen molar-refractivity contribution in [1.29, 1.82) is 0 Å². The second kappa shape index (κ2) is 10.0. The highest BCUT2D eigenvalue weighted by molar-refractivity contribution is 14.0. The zero-order valence-electron chi connectivity index (χ0n) is 17.2. The molecule has 5 nitrogen and oxygen atoms in total. The molecular weight excluding hydrogens is 473 g/mol. The second-order valence-electron chi connectivity index (χ2n) is 7.45. The van der Waals surface area contributed by atoms with Crippen LogP contribution in [0.3, 0.4) is 0 Å². The Kier molecular flexibility index (Phi) is 7.41. The number of H-pyrrole nitrogens is 1. The van der Waals surface area contributed by atoms with E-state index in [9.17, 15) is 0 Å². The highest BCUT2D eigenvalue weighted by atomic mass is 127. The summed E-state index contributed by atoms with van der Waals surface area (Å²) in [6.07, 6.45) is 5.46. The molecule has 0 aliphatic carbocycles. The second-order valence-corrected chi connectivity index (χ2v) is 7.45. The van der Waals surface area contributed by atoms with Gasteiger partial charge in [0, 0.05) is 56.5 Å². The summed E-state index contributed by atoms with van der Waals surface area (Å²) in [6.45, 7) is 2.78. The molecule has 0 unspecified atom stereocenters. The number of aliphatic imine (C=N–C) groups is 1. The Bertz CT molecular complexity index is 978. The molecule has 1 aromatic heterocycles. The first kappa shape index (κ1) is 21.5. The Balaban J connectivity index is 0.00000240. The van der Waals surface area contributed by atoms with Gasteiger partial charge in [-0.1, -0.05) is 30.3 Å². The third kappa shape index (κ3) is 5.04. The maximum Gasteiger partial charge on any atom is 0.191 e. The largest absolute Gasteiger partial charge is 0.374 e. The maximum absolute atomic E-state index is 4.36. The van der Waals surface area contributed by atoms with Gasteiger partial charge >= 0.3 is 0 Å². The van der Waals surface area contributed by atoms with E-state index in [1.54, 1.807) is 0 Å². The van der Waals surface area contributed by atoms with E-state index in [-0.39, 0.29) is 24.0 Å². The van der Waals surface area contributed by atoms with E-state index in [0.29, 0.717) is 0 Å². The number of benzene rings is 2. The summed E-state index contributed by atoms with van der Waals surface area (Å²) in [5.41, 5.74) is 6.65. The van der Waals surface area contributed by atoms with Crippen molar-refractivity contribution in [3.63, 3.8) is 0 Å². The summed E-state index contributed by atoms with van der Waals surface area (Å²) in [6, 6.07) is 15.2. The lowest BCUT2D eigenvalue weighted by molar-refractivity contribution is 0.740. The third-order valence-electron chi connectivity index (χ3n) is 5.54. The van der Waals surface area contributed by atoms with Crippen molar-refractivity contribution in [1.82, 2.24) is 15.6 Å². The zero-order chi connectivity index (χ0) is 19.3. The molecule has 0 fully saturated rings. The van der Waals surface area contributed by atoms with E-state index in [1.165, 1.54) is 46.1 Å². The summed E-state index contributed by atoms with van der Waals surface area (Å²) in [7, 11) is 4.00. The number of nitrogens with zero attached hydrogens (tertiary/aromatic N) is 2. The lowest BCUT2D eigenvalue weighted by Gasteiger charge is -2.28. The van der Waals surface area contributed by atoms with Gasteiger partial charge in [0.05, 0.1) is 0 Å². The highest BCUT2D eigenvalue weighted by Gasteiger charge is 2.13. The molecule has 1 aliphatic heterocycles. The molecule has 4 rings (SSSR count). The van der Waals surface area contributed by atoms with E-state index in [4.69, 9.17) is 0 Å². The summed E-state index contributed by atoms with van der Waals surface area (Å²) in [5, 5.41) is 8.16. The van der Waals surface area contributed by atoms with Gasteiger partial charge < -0.3 is 20.5 Å². The third-order valence-corrected chi connectivity index (χ3v) is 5.54. The Morgan fingerprint density at radius 1 is 1.17 bits per heavy atom.